The molecule has 0 rings (SSSR count). The van der Waals surface area contributed by atoms with Crippen molar-refractivity contribution in [1.82, 2.24) is 0 Å². The summed E-state index contributed by atoms with van der Waals surface area (Å²) >= 11 is 0. The summed E-state index contributed by atoms with van der Waals surface area (Å²) in [6.07, 6.45) is -8.49. The second-order valence-corrected chi connectivity index (χ2v) is 4.11. The molecule has 94 valence electrons. The smallest absolute Gasteiger partial charge is 0.171 e. The summed E-state index contributed by atoms with van der Waals surface area (Å²) in [5, 5.41) is 0. The van der Waals surface area contributed by atoms with Gasteiger partial charge in [-0.15, -0.1) is 0 Å². The first kappa shape index (κ1) is 17.0. The van der Waals surface area contributed by atoms with Gasteiger partial charge in [0.1, 0.15) is 0 Å². The summed E-state index contributed by atoms with van der Waals surface area (Å²) in [4.78, 5) is 0. The third kappa shape index (κ3) is 11.5. The van der Waals surface area contributed by atoms with Crippen LogP contribution in [0.3, 0.4) is 0 Å². The van der Waals surface area contributed by atoms with Crippen LogP contribution in [0.25, 0.3) is 0 Å². The minimum atomic E-state index is -4.06. The highest BCUT2D eigenvalue weighted by Gasteiger charge is 2.42. The van der Waals surface area contributed by atoms with Gasteiger partial charge in [-0.05, 0) is 6.42 Å². The molecule has 15 heavy (non-hydrogen) atoms. The second kappa shape index (κ2) is 5.61. The lowest BCUT2D eigenvalue weighted by atomic mass is 9.96. The van der Waals surface area contributed by atoms with Gasteiger partial charge in [0.25, 0.3) is 0 Å². The topological polar surface area (TPSA) is 0 Å². The van der Waals surface area contributed by atoms with Crippen molar-refractivity contribution in [1.29, 1.82) is 0 Å². The first-order valence-electron chi connectivity index (χ1n) is 4.44. The molecule has 0 heterocycles. The lowest BCUT2D eigenvalue weighted by Gasteiger charge is -2.21. The molecule has 6 heteroatoms. The van der Waals surface area contributed by atoms with Crippen molar-refractivity contribution in [3.63, 3.8) is 0 Å². The van der Waals surface area contributed by atoms with Crippen LogP contribution >= 0.6 is 0 Å². The highest BCUT2D eigenvalue weighted by Crippen LogP contribution is 2.36. The lowest BCUT2D eigenvalue weighted by Crippen LogP contribution is -2.28. The molecule has 0 aliphatic carbocycles. The van der Waals surface area contributed by atoms with Gasteiger partial charge < -0.3 is 0 Å². The molecule has 0 N–H and O–H groups in total. The van der Waals surface area contributed by atoms with E-state index in [4.69, 9.17) is 0 Å². The van der Waals surface area contributed by atoms with Crippen LogP contribution in [-0.4, -0.2) is 12.4 Å². The molecular weight excluding hydrogens is 222 g/mol. The first-order chi connectivity index (χ1) is 6.31. The van der Waals surface area contributed by atoms with Crippen molar-refractivity contribution in [3.8, 4) is 0 Å². The molecule has 0 saturated carbocycles. The van der Waals surface area contributed by atoms with Crippen molar-refractivity contribution < 1.29 is 26.3 Å². The van der Waals surface area contributed by atoms with Gasteiger partial charge in [-0.3, -0.25) is 0 Å². The third-order valence-electron chi connectivity index (χ3n) is 1.38. The van der Waals surface area contributed by atoms with E-state index < -0.39 is 24.2 Å². The Morgan fingerprint density at radius 1 is 0.800 bits per heavy atom. The summed E-state index contributed by atoms with van der Waals surface area (Å²) in [6, 6.07) is 0. The Morgan fingerprint density at radius 3 is 1.07 bits per heavy atom. The predicted octanol–water partition coefficient (Wildman–Crippen LogP) is 4.94. The molecule has 0 spiro atoms. The van der Waals surface area contributed by atoms with Crippen LogP contribution in [0.2, 0.25) is 0 Å². The number of rotatable bonds is 1. The average molecular weight is 238 g/mol. The summed E-state index contributed by atoms with van der Waals surface area (Å²) in [6.45, 7) is 4.94. The quantitative estimate of drug-likeness (QED) is 0.567. The van der Waals surface area contributed by atoms with E-state index in [9.17, 15) is 26.3 Å². The number of halogens is 6. The van der Waals surface area contributed by atoms with Gasteiger partial charge in [0.05, 0.1) is 5.41 Å². The van der Waals surface area contributed by atoms with Crippen molar-refractivity contribution in [2.24, 2.45) is 5.41 Å². The minimum Gasteiger partial charge on any atom is -0.171 e. The Morgan fingerprint density at radius 2 is 1.07 bits per heavy atom. The van der Waals surface area contributed by atoms with E-state index in [2.05, 4.69) is 0 Å². The van der Waals surface area contributed by atoms with E-state index in [1.54, 1.807) is 0 Å². The predicted molar refractivity (Wildman–Crippen MR) is 46.5 cm³/mol. The average Bonchev–Trinajstić information content (AvgIpc) is 1.79. The van der Waals surface area contributed by atoms with Crippen LogP contribution in [-0.2, 0) is 0 Å². The van der Waals surface area contributed by atoms with Crippen LogP contribution < -0.4 is 0 Å². The molecule has 0 nitrogen and oxygen atoms in total. The standard InChI is InChI=1S/C5H9F3.C4H7F3/c1-4(2,3)5(6,7)8;1-2-3-4(5,6)7/h1-3H3;2-3H2,1H3. The fraction of sp³-hybridized carbons (Fsp3) is 1.00. The van der Waals surface area contributed by atoms with E-state index in [0.717, 1.165) is 20.8 Å². The van der Waals surface area contributed by atoms with Crippen LogP contribution in [0.4, 0.5) is 26.3 Å². The third-order valence-corrected chi connectivity index (χ3v) is 1.38. The fourth-order valence-corrected chi connectivity index (χ4v) is 0.283. The van der Waals surface area contributed by atoms with Crippen LogP contribution in [0, 0.1) is 5.41 Å². The zero-order valence-corrected chi connectivity index (χ0v) is 9.18. The van der Waals surface area contributed by atoms with Gasteiger partial charge >= 0.3 is 12.4 Å². The monoisotopic (exact) mass is 238 g/mol. The molecule has 0 fully saturated rings. The molecule has 0 radical (unpaired) electrons. The molecule has 0 atom stereocenters. The van der Waals surface area contributed by atoms with Crippen LogP contribution in [0.5, 0.6) is 0 Å². The van der Waals surface area contributed by atoms with Gasteiger partial charge in [-0.25, -0.2) is 0 Å². The van der Waals surface area contributed by atoms with Crippen molar-refractivity contribution >= 4 is 0 Å². The molecule has 0 amide bonds. The molecule has 0 aromatic rings. The molecule has 0 aliphatic rings. The highest BCUT2D eigenvalue weighted by atomic mass is 19.4. The summed E-state index contributed by atoms with van der Waals surface area (Å²) < 4.78 is 67.9. The normalized spacial score (nSPS) is 13.2. The number of alkyl halides is 6. The van der Waals surface area contributed by atoms with E-state index in [1.807, 2.05) is 0 Å². The Balaban J connectivity index is 0. The zero-order valence-electron chi connectivity index (χ0n) is 9.18. The van der Waals surface area contributed by atoms with Crippen molar-refractivity contribution in [2.75, 3.05) is 0 Å². The number of hydrogen-bond acceptors (Lipinski definition) is 0. The van der Waals surface area contributed by atoms with E-state index in [0.29, 0.717) is 0 Å². The maximum atomic E-state index is 11.6. The van der Waals surface area contributed by atoms with E-state index in [-0.39, 0.29) is 6.42 Å². The Kier molecular flexibility index (Phi) is 6.35. The zero-order chi connectivity index (χ0) is 12.9. The highest BCUT2D eigenvalue weighted by molar-refractivity contribution is 4.70. The lowest BCUT2D eigenvalue weighted by molar-refractivity contribution is -0.204. The van der Waals surface area contributed by atoms with Gasteiger partial charge in [0, 0.05) is 6.42 Å². The summed E-state index contributed by atoms with van der Waals surface area (Å²) in [7, 11) is 0. The Labute approximate surface area is 85.7 Å². The molecule has 0 saturated heterocycles. The summed E-state index contributed by atoms with van der Waals surface area (Å²) in [5.74, 6) is 0. The minimum absolute atomic E-state index is 0.184. The van der Waals surface area contributed by atoms with Gasteiger partial charge in [0.2, 0.25) is 0 Å². The summed E-state index contributed by atoms with van der Waals surface area (Å²) in [5.41, 5.74) is -1.56. The molecule has 0 aliphatic heterocycles. The second-order valence-electron chi connectivity index (χ2n) is 4.11. The van der Waals surface area contributed by atoms with Gasteiger partial charge in [-0.1, -0.05) is 27.7 Å². The molecule has 0 bridgehead atoms. The number of hydrogen-bond donors (Lipinski definition) is 0. The van der Waals surface area contributed by atoms with Gasteiger partial charge in [0.15, 0.2) is 0 Å². The molecule has 0 aromatic heterocycles. The maximum absolute atomic E-state index is 11.6. The van der Waals surface area contributed by atoms with Crippen LogP contribution in [0.15, 0.2) is 0 Å². The van der Waals surface area contributed by atoms with Crippen molar-refractivity contribution in [2.45, 2.75) is 52.9 Å². The maximum Gasteiger partial charge on any atom is 0.393 e. The Bertz CT molecular complexity index is 147. The largest absolute Gasteiger partial charge is 0.393 e. The molecule has 0 aromatic carbocycles. The SMILES string of the molecule is CC(C)(C)C(F)(F)F.CCCC(F)(F)F. The molecule has 0 unspecified atom stereocenters. The van der Waals surface area contributed by atoms with E-state index in [1.165, 1.54) is 6.92 Å². The van der Waals surface area contributed by atoms with E-state index >= 15 is 0 Å². The molecular formula is C9H16F6. The fourth-order valence-electron chi connectivity index (χ4n) is 0.283. The Hall–Kier alpha value is -0.420. The van der Waals surface area contributed by atoms with Gasteiger partial charge in [-0.2, -0.15) is 26.3 Å². The first-order valence-corrected chi connectivity index (χ1v) is 4.44. The van der Waals surface area contributed by atoms with Crippen LogP contribution in [0.1, 0.15) is 40.5 Å². The van der Waals surface area contributed by atoms with Crippen molar-refractivity contribution in [3.05, 3.63) is 0 Å².